The maximum Gasteiger partial charge on any atom is 0.282 e. The van der Waals surface area contributed by atoms with Gasteiger partial charge in [0.05, 0.1) is 51.7 Å². The number of hydrogen-bond acceptors (Lipinski definition) is 15. The monoisotopic (exact) mass is 1440 g/mol. The number of Topliss-reactive ketones (excluding diaryl/α,β-unsaturated/α-hetero) is 1. The minimum atomic E-state index is -2.51. The van der Waals surface area contributed by atoms with E-state index in [0.717, 1.165) is 16.7 Å². The number of ketones is 1. The van der Waals surface area contributed by atoms with Gasteiger partial charge in [-0.3, -0.25) is 48.1 Å². The highest BCUT2D eigenvalue weighted by Gasteiger charge is 2.74. The molecule has 24 nitrogen and oxygen atoms in total. The predicted octanol–water partition coefficient (Wildman–Crippen LogP) is 4.20. The molecule has 24 heteroatoms. The lowest BCUT2D eigenvalue weighted by molar-refractivity contribution is -0.942. The maximum absolute atomic E-state index is 16.2. The first kappa shape index (κ1) is 81.7. The van der Waals surface area contributed by atoms with Crippen LogP contribution in [0.5, 0.6) is 0 Å². The Morgan fingerprint density at radius 3 is 1.26 bits per heavy atom. The van der Waals surface area contributed by atoms with Gasteiger partial charge in [0.1, 0.15) is 67.1 Å². The number of epoxide rings is 1. The molecule has 0 radical (unpaired) electrons. The smallest absolute Gasteiger partial charge is 0.282 e. The first-order valence-electron chi connectivity index (χ1n) is 37.4. The fourth-order valence-electron chi connectivity index (χ4n) is 14.9. The van der Waals surface area contributed by atoms with Gasteiger partial charge < -0.3 is 71.4 Å². The first-order chi connectivity index (χ1) is 49.5. The number of quaternary nitrogens is 1. The number of aliphatic hydroxyl groups is 2. The number of aryl methyl sites for hydroxylation is 2. The molecule has 4 aromatic rings. The summed E-state index contributed by atoms with van der Waals surface area (Å²) in [7, 11) is 0. The topological polar surface area (TPSA) is 325 Å². The molecular formula is C80H115N10O14+. The van der Waals surface area contributed by atoms with Crippen LogP contribution in [0, 0.1) is 23.7 Å². The van der Waals surface area contributed by atoms with Crippen molar-refractivity contribution < 1.29 is 72.1 Å². The Labute approximate surface area is 614 Å². The number of morpholine rings is 2. The van der Waals surface area contributed by atoms with Crippen molar-refractivity contribution in [2.75, 3.05) is 72.3 Å². The van der Waals surface area contributed by atoms with Crippen LogP contribution in [-0.2, 0) is 83.0 Å². The molecule has 4 heterocycles. The number of benzene rings is 4. The number of carbonyl (C=O) groups excluding carboxylic acids is 9. The first-order valence-corrected chi connectivity index (χ1v) is 37.4. The van der Waals surface area contributed by atoms with Gasteiger partial charge in [0.25, 0.3) is 5.91 Å². The molecule has 4 saturated heterocycles. The zero-order valence-electron chi connectivity index (χ0n) is 62.6. The number of nitrogens with one attached hydrogen (secondary N) is 8. The van der Waals surface area contributed by atoms with Gasteiger partial charge in [-0.25, -0.2) is 0 Å². The van der Waals surface area contributed by atoms with Crippen molar-refractivity contribution in [2.45, 2.75) is 205 Å². The van der Waals surface area contributed by atoms with E-state index in [1.165, 1.54) is 6.92 Å². The molecule has 3 unspecified atom stereocenters. The number of rotatable bonds is 38. The molecule has 4 aromatic carbocycles. The van der Waals surface area contributed by atoms with Gasteiger partial charge in [-0.05, 0) is 111 Å². The zero-order chi connectivity index (χ0) is 75.4. The Morgan fingerprint density at radius 2 is 0.827 bits per heavy atom. The van der Waals surface area contributed by atoms with Crippen molar-refractivity contribution in [3.63, 3.8) is 0 Å². The van der Waals surface area contributed by atoms with Crippen molar-refractivity contribution >= 4 is 53.0 Å². The van der Waals surface area contributed by atoms with Crippen LogP contribution in [0.4, 0.5) is 0 Å². The summed E-state index contributed by atoms with van der Waals surface area (Å²) in [4.78, 5) is 136. The third kappa shape index (κ3) is 23.0. The predicted molar refractivity (Wildman–Crippen MR) is 395 cm³/mol. The van der Waals surface area contributed by atoms with Crippen LogP contribution < -0.4 is 42.5 Å². The van der Waals surface area contributed by atoms with E-state index in [9.17, 15) is 34.2 Å². The molecule has 12 atom stereocenters. The third-order valence-electron chi connectivity index (χ3n) is 20.4. The number of ether oxygens (including phenoxy) is 3. The quantitative estimate of drug-likeness (QED) is 0.0222. The van der Waals surface area contributed by atoms with Crippen molar-refractivity contribution in [1.82, 2.24) is 47.4 Å². The lowest BCUT2D eigenvalue weighted by Crippen LogP contribution is -2.74. The van der Waals surface area contributed by atoms with E-state index in [0.29, 0.717) is 44.7 Å². The third-order valence-corrected chi connectivity index (χ3v) is 20.4. The van der Waals surface area contributed by atoms with Crippen LogP contribution in [0.15, 0.2) is 121 Å². The average Bonchev–Trinajstić information content (AvgIpc) is 1.53. The van der Waals surface area contributed by atoms with Gasteiger partial charge in [-0.1, -0.05) is 177 Å². The van der Waals surface area contributed by atoms with Crippen molar-refractivity contribution in [1.29, 1.82) is 0 Å². The molecule has 4 aliphatic heterocycles. The summed E-state index contributed by atoms with van der Waals surface area (Å²) in [6.07, 6.45) is 1.49. The van der Waals surface area contributed by atoms with Gasteiger partial charge >= 0.3 is 0 Å². The van der Waals surface area contributed by atoms with E-state index in [1.54, 1.807) is 31.2 Å². The molecule has 8 amide bonds. The van der Waals surface area contributed by atoms with Crippen LogP contribution in [0.25, 0.3) is 0 Å². The second kappa shape index (κ2) is 37.8. The van der Waals surface area contributed by atoms with E-state index in [4.69, 9.17) is 14.2 Å². The summed E-state index contributed by atoms with van der Waals surface area (Å²) >= 11 is 0. The summed E-state index contributed by atoms with van der Waals surface area (Å²) in [5.41, 5.74) is -2.51. The second-order valence-corrected chi connectivity index (χ2v) is 31.2. The normalized spacial score (nSPS) is 22.4. The van der Waals surface area contributed by atoms with Crippen LogP contribution in [0.3, 0.4) is 0 Å². The molecule has 0 bridgehead atoms. The SMILES string of the molecule is CC(C)C[C@H](NC(=O)[C@H](CCc1ccccc1)NC(=O)CN1CCOCC1)C(=O)N[C@@H](Cc1ccccc1)C(=O)N[C@@H](CC(C)C)C1(O)C(C(=O)N[C@@H](CCc2ccccc2)C(=O)N[C@@H](CC(C)C)C(=O)N[C@@H](Cc2ccccc2)C(=O)N[C@@H](CC(C)C)C(=O)[C@@]2(C)CO2)[N+]2(CCOCC2)CC1(C)O. The second-order valence-electron chi connectivity index (χ2n) is 31.2. The molecule has 4 fully saturated rings. The Bertz CT molecular complexity index is 3480. The fourth-order valence-corrected chi connectivity index (χ4v) is 14.9. The molecule has 0 aromatic heterocycles. The summed E-state index contributed by atoms with van der Waals surface area (Å²) in [5, 5.41) is 51.1. The number of amides is 8. The van der Waals surface area contributed by atoms with Gasteiger partial charge in [0, 0.05) is 25.9 Å². The van der Waals surface area contributed by atoms with Gasteiger partial charge in [-0.15, -0.1) is 0 Å². The molecule has 568 valence electrons. The van der Waals surface area contributed by atoms with Gasteiger partial charge in [0.2, 0.25) is 47.4 Å². The lowest BCUT2D eigenvalue weighted by Gasteiger charge is -2.46. The molecule has 0 saturated carbocycles. The standard InChI is InChI=1S/C80H114N10O14/c1-52(2)43-62(70(92)78(9)51-104-78)83-75(97)65(47-58-27-19-13-20-28-58)86-73(95)64(45-54(5)6)85-72(94)61(34-32-57-25-17-12-18-26-57)82-77(99)69-80(101,79(10,100)50-90(69)37-41-103-42-38-90)67(46-55(7)8)88-76(98)66(48-59-29-21-14-22-30-59)87-74(96)63(44-53(3)4)84-71(93)60(33-31-56-23-15-11-16-24-56)81-68(91)49-89-35-39-102-40-36-89/h11-30,52-55,60-67,69,100-101H,31-51H2,1-10H3,(H7-,81,82,83,84,85,86,87,88,91,93,94,95,96,97,98,99)/p+1/t60-,61-,62-,63-,64-,65-,66-,67-,69?,78+,79?,80?/m0/s1. The maximum atomic E-state index is 16.2. The van der Waals surface area contributed by atoms with Crippen LogP contribution in [-0.4, -0.2) is 216 Å². The highest BCUT2D eigenvalue weighted by atomic mass is 16.6. The Kier molecular flexibility index (Phi) is 29.7. The molecular weight excluding hydrogens is 1320 g/mol. The molecule has 10 N–H and O–H groups in total. The van der Waals surface area contributed by atoms with E-state index in [1.807, 2.05) is 157 Å². The van der Waals surface area contributed by atoms with E-state index in [-0.39, 0.29) is 137 Å². The average molecular weight is 1440 g/mol. The summed E-state index contributed by atoms with van der Waals surface area (Å²) in [5.74, 6) is -6.11. The van der Waals surface area contributed by atoms with Crippen molar-refractivity contribution in [2.24, 2.45) is 23.7 Å². The van der Waals surface area contributed by atoms with Crippen molar-refractivity contribution in [3.05, 3.63) is 144 Å². The van der Waals surface area contributed by atoms with E-state index < -0.39 is 113 Å². The highest BCUT2D eigenvalue weighted by Crippen LogP contribution is 2.47. The summed E-state index contributed by atoms with van der Waals surface area (Å²) in [6.45, 7) is 21.0. The number of hydrogen-bond donors (Lipinski definition) is 10. The molecule has 104 heavy (non-hydrogen) atoms. The van der Waals surface area contributed by atoms with E-state index in [2.05, 4.69) is 42.5 Å². The largest absolute Gasteiger partial charge is 0.381 e. The molecule has 1 spiro atoms. The lowest BCUT2D eigenvalue weighted by atomic mass is 9.73. The van der Waals surface area contributed by atoms with Crippen LogP contribution in [0.2, 0.25) is 0 Å². The van der Waals surface area contributed by atoms with Crippen molar-refractivity contribution in [3.8, 4) is 0 Å². The Morgan fingerprint density at radius 1 is 0.462 bits per heavy atom. The summed E-state index contributed by atoms with van der Waals surface area (Å²) in [6, 6.07) is 25.6. The highest BCUT2D eigenvalue weighted by molar-refractivity contribution is 5.99. The van der Waals surface area contributed by atoms with Crippen LogP contribution >= 0.6 is 0 Å². The zero-order valence-corrected chi connectivity index (χ0v) is 62.6. The fraction of sp³-hybridized carbons (Fsp3) is 0.588. The molecule has 8 rings (SSSR count). The minimum absolute atomic E-state index is 0.00160. The summed E-state index contributed by atoms with van der Waals surface area (Å²) < 4.78 is 16.7. The Hall–Kier alpha value is -7.97. The van der Waals surface area contributed by atoms with E-state index >= 15 is 19.2 Å². The molecule has 4 aliphatic rings. The Balaban J connectivity index is 1.09. The molecule has 0 aliphatic carbocycles. The number of carbonyl (C=O) groups is 9. The van der Waals surface area contributed by atoms with Crippen LogP contribution in [0.1, 0.15) is 130 Å². The number of nitrogens with zero attached hydrogens (tertiary/aromatic N) is 2. The van der Waals surface area contributed by atoms with Gasteiger partial charge in [-0.2, -0.15) is 0 Å². The van der Waals surface area contributed by atoms with Gasteiger partial charge in [0.15, 0.2) is 11.4 Å². The minimum Gasteiger partial charge on any atom is -0.381 e.